The van der Waals surface area contributed by atoms with E-state index in [0.29, 0.717) is 17.8 Å². The Morgan fingerprint density at radius 1 is 0.906 bits per heavy atom. The van der Waals surface area contributed by atoms with Crippen LogP contribution in [-0.4, -0.2) is 61.0 Å². The van der Waals surface area contributed by atoms with Crippen molar-refractivity contribution < 1.29 is 14.3 Å². The number of imide groups is 1. The fourth-order valence-corrected chi connectivity index (χ4v) is 4.38. The van der Waals surface area contributed by atoms with E-state index in [1.165, 1.54) is 4.90 Å². The molecule has 6 nitrogen and oxygen atoms in total. The summed E-state index contributed by atoms with van der Waals surface area (Å²) in [5.74, 6) is -0.479. The molecule has 2 aromatic carbocycles. The van der Waals surface area contributed by atoms with Crippen molar-refractivity contribution in [2.75, 3.05) is 44.7 Å². The number of morpholine rings is 1. The predicted octanol–water partition coefficient (Wildman–Crippen LogP) is 3.53. The third-order valence-electron chi connectivity index (χ3n) is 6.07. The highest BCUT2D eigenvalue weighted by Crippen LogP contribution is 2.32. The van der Waals surface area contributed by atoms with E-state index in [4.69, 9.17) is 4.74 Å². The molecule has 0 saturated carbocycles. The number of ether oxygens (including phenoxy) is 1. The molecule has 2 aromatic rings. The van der Waals surface area contributed by atoms with E-state index in [0.717, 1.165) is 67.2 Å². The van der Waals surface area contributed by atoms with Crippen LogP contribution in [-0.2, 0) is 14.3 Å². The van der Waals surface area contributed by atoms with Gasteiger partial charge in [0, 0.05) is 31.9 Å². The normalized spacial score (nSPS) is 17.4. The minimum Gasteiger partial charge on any atom is -0.379 e. The molecular weight excluding hydrogens is 402 g/mol. The second-order valence-electron chi connectivity index (χ2n) is 8.63. The Bertz CT molecular complexity index is 1050. The average molecular weight is 434 g/mol. The second-order valence-corrected chi connectivity index (χ2v) is 8.63. The van der Waals surface area contributed by atoms with Crippen molar-refractivity contribution in [2.45, 2.75) is 27.2 Å². The maximum absolute atomic E-state index is 13.5. The molecule has 2 amide bonds. The van der Waals surface area contributed by atoms with E-state index in [-0.39, 0.29) is 11.8 Å². The Hall–Kier alpha value is -2.96. The molecule has 32 heavy (non-hydrogen) atoms. The third-order valence-corrected chi connectivity index (χ3v) is 6.07. The molecule has 1 fully saturated rings. The minimum atomic E-state index is -0.256. The van der Waals surface area contributed by atoms with Crippen LogP contribution in [0.25, 0.3) is 5.57 Å². The predicted molar refractivity (Wildman–Crippen MR) is 126 cm³/mol. The van der Waals surface area contributed by atoms with Crippen LogP contribution in [0, 0.1) is 20.8 Å². The van der Waals surface area contributed by atoms with E-state index in [2.05, 4.69) is 10.2 Å². The van der Waals surface area contributed by atoms with Gasteiger partial charge in [-0.2, -0.15) is 0 Å². The van der Waals surface area contributed by atoms with Crippen molar-refractivity contribution in [3.05, 3.63) is 70.4 Å². The number of aryl methyl sites for hydroxylation is 3. The first kappa shape index (κ1) is 22.2. The Kier molecular flexibility index (Phi) is 6.72. The van der Waals surface area contributed by atoms with Gasteiger partial charge in [-0.05, 0) is 56.0 Å². The second kappa shape index (κ2) is 9.67. The monoisotopic (exact) mass is 433 g/mol. The lowest BCUT2D eigenvalue weighted by Gasteiger charge is -2.27. The first-order valence-corrected chi connectivity index (χ1v) is 11.3. The quantitative estimate of drug-likeness (QED) is 0.677. The van der Waals surface area contributed by atoms with Gasteiger partial charge in [-0.25, -0.2) is 0 Å². The van der Waals surface area contributed by atoms with Gasteiger partial charge in [0.2, 0.25) is 0 Å². The zero-order valence-electron chi connectivity index (χ0n) is 19.1. The number of amides is 2. The van der Waals surface area contributed by atoms with Crippen molar-refractivity contribution in [1.29, 1.82) is 0 Å². The van der Waals surface area contributed by atoms with Crippen molar-refractivity contribution >= 4 is 23.1 Å². The van der Waals surface area contributed by atoms with E-state index in [1.54, 1.807) is 0 Å². The molecule has 0 bridgehead atoms. The van der Waals surface area contributed by atoms with Crippen LogP contribution in [0.4, 0.5) is 5.69 Å². The number of carbonyl (C=O) groups is 2. The van der Waals surface area contributed by atoms with Crippen LogP contribution in [0.15, 0.2) is 48.2 Å². The van der Waals surface area contributed by atoms with Gasteiger partial charge in [0.1, 0.15) is 5.70 Å². The van der Waals surface area contributed by atoms with E-state index < -0.39 is 0 Å². The standard InChI is InChI=1S/C26H31N3O3/c1-18-6-4-7-21(17-18)27-24-23(22-9-8-19(2)16-20(22)3)25(30)29(26(24)31)11-5-10-28-12-14-32-15-13-28/h4,6-9,16-17,27H,5,10-15H2,1-3H3. The number of carbonyl (C=O) groups excluding carboxylic acids is 2. The van der Waals surface area contributed by atoms with Gasteiger partial charge in [0.15, 0.2) is 0 Å². The highest BCUT2D eigenvalue weighted by molar-refractivity contribution is 6.36. The van der Waals surface area contributed by atoms with Crippen LogP contribution in [0.5, 0.6) is 0 Å². The first-order chi connectivity index (χ1) is 15.4. The zero-order valence-corrected chi connectivity index (χ0v) is 19.1. The van der Waals surface area contributed by atoms with Gasteiger partial charge in [-0.1, -0.05) is 35.9 Å². The lowest BCUT2D eigenvalue weighted by Crippen LogP contribution is -2.39. The molecule has 0 aromatic heterocycles. The van der Waals surface area contributed by atoms with Gasteiger partial charge in [-0.3, -0.25) is 19.4 Å². The van der Waals surface area contributed by atoms with Crippen molar-refractivity contribution in [3.63, 3.8) is 0 Å². The maximum Gasteiger partial charge on any atom is 0.278 e. The molecule has 168 valence electrons. The summed E-state index contributed by atoms with van der Waals surface area (Å²) in [6.45, 7) is 10.5. The number of nitrogens with one attached hydrogen (secondary N) is 1. The Labute approximate surface area is 189 Å². The number of benzene rings is 2. The molecule has 4 rings (SSSR count). The fourth-order valence-electron chi connectivity index (χ4n) is 4.38. The Morgan fingerprint density at radius 2 is 1.66 bits per heavy atom. The lowest BCUT2D eigenvalue weighted by atomic mass is 9.97. The molecule has 1 saturated heterocycles. The summed E-state index contributed by atoms with van der Waals surface area (Å²) in [6, 6.07) is 13.8. The summed E-state index contributed by atoms with van der Waals surface area (Å²) in [5, 5.41) is 3.26. The van der Waals surface area contributed by atoms with Crippen molar-refractivity contribution in [2.24, 2.45) is 0 Å². The molecular formula is C26H31N3O3. The number of rotatable bonds is 7. The van der Waals surface area contributed by atoms with Gasteiger partial charge in [0.05, 0.1) is 18.8 Å². The molecule has 1 N–H and O–H groups in total. The first-order valence-electron chi connectivity index (χ1n) is 11.3. The summed E-state index contributed by atoms with van der Waals surface area (Å²) in [5.41, 5.74) is 5.62. The van der Waals surface area contributed by atoms with Crippen LogP contribution in [0.1, 0.15) is 28.7 Å². The van der Waals surface area contributed by atoms with Crippen LogP contribution in [0.2, 0.25) is 0 Å². The topological polar surface area (TPSA) is 61.9 Å². The van der Waals surface area contributed by atoms with Gasteiger partial charge in [0.25, 0.3) is 11.8 Å². The maximum atomic E-state index is 13.5. The molecule has 2 aliphatic rings. The minimum absolute atomic E-state index is 0.223. The van der Waals surface area contributed by atoms with Crippen LogP contribution >= 0.6 is 0 Å². The molecule has 0 radical (unpaired) electrons. The molecule has 2 heterocycles. The highest BCUT2D eigenvalue weighted by atomic mass is 16.5. The van der Waals surface area contributed by atoms with Gasteiger partial charge in [-0.15, -0.1) is 0 Å². The number of anilines is 1. The Morgan fingerprint density at radius 3 is 2.38 bits per heavy atom. The summed E-state index contributed by atoms with van der Waals surface area (Å²) < 4.78 is 5.40. The number of hydrogen-bond donors (Lipinski definition) is 1. The zero-order chi connectivity index (χ0) is 22.7. The molecule has 6 heteroatoms. The molecule has 0 atom stereocenters. The molecule has 0 spiro atoms. The van der Waals surface area contributed by atoms with E-state index >= 15 is 0 Å². The smallest absolute Gasteiger partial charge is 0.278 e. The number of nitrogens with zero attached hydrogens (tertiary/aromatic N) is 2. The average Bonchev–Trinajstić information content (AvgIpc) is 2.99. The SMILES string of the molecule is Cc1cccc(NC2=C(c3ccc(C)cc3C)C(=O)N(CCCN3CCOCC3)C2=O)c1. The van der Waals surface area contributed by atoms with E-state index in [1.807, 2.05) is 63.2 Å². The third kappa shape index (κ3) is 4.76. The fraction of sp³-hybridized carbons (Fsp3) is 0.385. The summed E-state index contributed by atoms with van der Waals surface area (Å²) in [7, 11) is 0. The van der Waals surface area contributed by atoms with Crippen LogP contribution in [0.3, 0.4) is 0 Å². The van der Waals surface area contributed by atoms with Crippen molar-refractivity contribution in [1.82, 2.24) is 9.80 Å². The lowest BCUT2D eigenvalue weighted by molar-refractivity contribution is -0.136. The molecule has 0 unspecified atom stereocenters. The number of hydrogen-bond acceptors (Lipinski definition) is 5. The summed E-state index contributed by atoms with van der Waals surface area (Å²) in [6.07, 6.45) is 0.745. The largest absolute Gasteiger partial charge is 0.379 e. The van der Waals surface area contributed by atoms with Gasteiger partial charge < -0.3 is 10.1 Å². The van der Waals surface area contributed by atoms with Crippen molar-refractivity contribution in [3.8, 4) is 0 Å². The highest BCUT2D eigenvalue weighted by Gasteiger charge is 2.39. The molecule has 2 aliphatic heterocycles. The summed E-state index contributed by atoms with van der Waals surface area (Å²) in [4.78, 5) is 30.6. The van der Waals surface area contributed by atoms with Crippen LogP contribution < -0.4 is 5.32 Å². The van der Waals surface area contributed by atoms with E-state index in [9.17, 15) is 9.59 Å². The Balaban J connectivity index is 1.60. The van der Waals surface area contributed by atoms with Gasteiger partial charge >= 0.3 is 0 Å². The summed E-state index contributed by atoms with van der Waals surface area (Å²) >= 11 is 0. The molecule has 0 aliphatic carbocycles.